The van der Waals surface area contributed by atoms with Crippen LogP contribution in [0, 0.1) is 11.3 Å². The van der Waals surface area contributed by atoms with E-state index in [2.05, 4.69) is 34.5 Å². The highest BCUT2D eigenvalue weighted by Crippen LogP contribution is 2.37. The monoisotopic (exact) mass is 249 g/mol. The molecule has 2 nitrogen and oxygen atoms in total. The number of hydrogen-bond donors (Lipinski definition) is 2. The molecule has 4 atom stereocenters. The maximum atomic E-state index is 9.76. The first kappa shape index (κ1) is 13.8. The Kier molecular flexibility index (Phi) is 5.38. The fourth-order valence-electron chi connectivity index (χ4n) is 2.04. The van der Waals surface area contributed by atoms with Gasteiger partial charge in [0.2, 0.25) is 0 Å². The Balaban J connectivity index is 2.19. The molecule has 90 valence electrons. The summed E-state index contributed by atoms with van der Waals surface area (Å²) in [6.07, 6.45) is 2.00. The van der Waals surface area contributed by atoms with E-state index < -0.39 is 0 Å². The summed E-state index contributed by atoms with van der Waals surface area (Å²) in [6, 6.07) is 0. The van der Waals surface area contributed by atoms with Crippen LogP contribution in [0.3, 0.4) is 0 Å². The summed E-state index contributed by atoms with van der Waals surface area (Å²) < 4.78 is 0. The van der Waals surface area contributed by atoms with Crippen LogP contribution >= 0.6 is 19.8 Å². The molecule has 1 unspecified atom stereocenters. The molecule has 1 saturated carbocycles. The Morgan fingerprint density at radius 3 is 2.53 bits per heavy atom. The molecule has 1 aliphatic rings. The minimum atomic E-state index is -0.103. The van der Waals surface area contributed by atoms with Crippen LogP contribution in [0.15, 0.2) is 0 Å². The van der Waals surface area contributed by atoms with E-state index in [1.54, 1.807) is 11.4 Å². The van der Waals surface area contributed by atoms with Gasteiger partial charge in [-0.1, -0.05) is 29.2 Å². The molecule has 2 N–H and O–H groups in total. The second-order valence-corrected chi connectivity index (χ2v) is 7.47. The summed E-state index contributed by atoms with van der Waals surface area (Å²) >= 11 is 1.72. The first-order valence-corrected chi connectivity index (χ1v) is 8.02. The summed E-state index contributed by atoms with van der Waals surface area (Å²) in [5, 5.41) is 13.7. The van der Waals surface area contributed by atoms with Gasteiger partial charge in [-0.3, -0.25) is 0 Å². The van der Waals surface area contributed by atoms with Crippen LogP contribution in [0.2, 0.25) is 0 Å². The lowest BCUT2D eigenvalue weighted by molar-refractivity contribution is 0.181. The number of aliphatic hydroxyl groups is 1. The molecule has 15 heavy (non-hydrogen) atoms. The lowest BCUT2D eigenvalue weighted by atomic mass is 9.96. The van der Waals surface area contributed by atoms with Gasteiger partial charge in [-0.25, -0.2) is 0 Å². The molecule has 0 heterocycles. The normalized spacial score (nSPS) is 32.2. The molecule has 4 heteroatoms. The molecule has 1 rings (SSSR count). The smallest absolute Gasteiger partial charge is 0.0665 e. The van der Waals surface area contributed by atoms with Crippen molar-refractivity contribution in [2.24, 2.45) is 11.3 Å². The van der Waals surface area contributed by atoms with E-state index in [4.69, 9.17) is 0 Å². The van der Waals surface area contributed by atoms with Crippen LogP contribution in [0.4, 0.5) is 0 Å². The van der Waals surface area contributed by atoms with Gasteiger partial charge in [0.1, 0.15) is 0 Å². The van der Waals surface area contributed by atoms with E-state index in [0.29, 0.717) is 16.6 Å². The van der Waals surface area contributed by atoms with Crippen LogP contribution in [-0.4, -0.2) is 29.5 Å². The average Bonchev–Trinajstić information content (AvgIpc) is 2.44. The molecule has 0 aliphatic heterocycles. The van der Waals surface area contributed by atoms with Crippen LogP contribution in [0.5, 0.6) is 0 Å². The van der Waals surface area contributed by atoms with E-state index in [1.807, 2.05) is 0 Å². The largest absolute Gasteiger partial charge is 0.392 e. The second kappa shape index (κ2) is 5.86. The lowest BCUT2D eigenvalue weighted by Crippen LogP contribution is -2.30. The zero-order valence-corrected chi connectivity index (χ0v) is 12.0. The zero-order chi connectivity index (χ0) is 11.5. The van der Waals surface area contributed by atoms with Crippen molar-refractivity contribution in [2.75, 3.05) is 13.1 Å². The van der Waals surface area contributed by atoms with Crippen molar-refractivity contribution >= 4 is 19.8 Å². The summed E-state index contributed by atoms with van der Waals surface area (Å²) in [6.45, 7) is 8.83. The standard InChI is InChI=1S/C11H24NOPS/c1-11(2,3)7-12-6-8-4-9(13)10(5-8)15-14/h8-10,12-13H,4-7,14H2,1-3H3/t8-,9+,10+/m0/s1. The summed E-state index contributed by atoms with van der Waals surface area (Å²) in [7, 11) is 2.67. The van der Waals surface area contributed by atoms with Crippen molar-refractivity contribution in [2.45, 2.75) is 45.0 Å². The molecular formula is C11H24NOPS. The van der Waals surface area contributed by atoms with Crippen LogP contribution in [-0.2, 0) is 0 Å². The lowest BCUT2D eigenvalue weighted by Gasteiger charge is -2.20. The van der Waals surface area contributed by atoms with Crippen molar-refractivity contribution < 1.29 is 5.11 Å². The van der Waals surface area contributed by atoms with Crippen molar-refractivity contribution in [3.8, 4) is 0 Å². The first-order valence-electron chi connectivity index (χ1n) is 5.66. The molecule has 0 bridgehead atoms. The van der Waals surface area contributed by atoms with Gasteiger partial charge in [-0.2, -0.15) is 0 Å². The Bertz CT molecular complexity index is 196. The van der Waals surface area contributed by atoms with Crippen LogP contribution in [0.1, 0.15) is 33.6 Å². The summed E-state index contributed by atoms with van der Waals surface area (Å²) in [4.78, 5) is 0. The van der Waals surface area contributed by atoms with Gasteiger partial charge in [-0.15, -0.1) is 11.4 Å². The molecule has 1 aliphatic carbocycles. The van der Waals surface area contributed by atoms with Gasteiger partial charge >= 0.3 is 0 Å². The third-order valence-electron chi connectivity index (χ3n) is 2.83. The molecule has 0 saturated heterocycles. The number of aliphatic hydroxyl groups excluding tert-OH is 1. The number of nitrogens with one attached hydrogen (secondary N) is 1. The van der Waals surface area contributed by atoms with E-state index in [1.165, 1.54) is 0 Å². The van der Waals surface area contributed by atoms with Crippen molar-refractivity contribution in [3.63, 3.8) is 0 Å². The van der Waals surface area contributed by atoms with E-state index >= 15 is 0 Å². The zero-order valence-electron chi connectivity index (χ0n) is 9.99. The average molecular weight is 249 g/mol. The predicted molar refractivity (Wildman–Crippen MR) is 72.1 cm³/mol. The number of hydrogen-bond acceptors (Lipinski definition) is 3. The molecule has 1 fully saturated rings. The van der Waals surface area contributed by atoms with Gasteiger partial charge in [0.25, 0.3) is 0 Å². The molecule has 0 spiro atoms. The fourth-order valence-corrected chi connectivity index (χ4v) is 3.59. The van der Waals surface area contributed by atoms with Crippen molar-refractivity contribution in [1.82, 2.24) is 5.32 Å². The predicted octanol–water partition coefficient (Wildman–Crippen LogP) is 2.28. The topological polar surface area (TPSA) is 32.3 Å². The molecule has 0 radical (unpaired) electrons. The highest BCUT2D eigenvalue weighted by molar-refractivity contribution is 8.44. The van der Waals surface area contributed by atoms with Crippen molar-refractivity contribution in [1.29, 1.82) is 0 Å². The Morgan fingerprint density at radius 1 is 1.40 bits per heavy atom. The molecule has 0 aromatic heterocycles. The van der Waals surface area contributed by atoms with Gasteiger partial charge in [0.15, 0.2) is 0 Å². The minimum absolute atomic E-state index is 0.103. The number of rotatable bonds is 4. The van der Waals surface area contributed by atoms with Crippen LogP contribution < -0.4 is 5.32 Å². The van der Waals surface area contributed by atoms with Crippen molar-refractivity contribution in [3.05, 3.63) is 0 Å². The fraction of sp³-hybridized carbons (Fsp3) is 1.00. The van der Waals surface area contributed by atoms with Gasteiger partial charge in [0.05, 0.1) is 6.10 Å². The minimum Gasteiger partial charge on any atom is -0.392 e. The SMILES string of the molecule is CC(C)(C)CNC[C@H]1C[C@@H](O)[C@H](SP)C1. The molecular weight excluding hydrogens is 225 g/mol. The molecule has 0 aromatic rings. The Labute approximate surface area is 99.9 Å². The van der Waals surface area contributed by atoms with Gasteiger partial charge < -0.3 is 10.4 Å². The molecule has 0 aromatic carbocycles. The van der Waals surface area contributed by atoms with Gasteiger partial charge in [-0.05, 0) is 37.3 Å². The van der Waals surface area contributed by atoms with E-state index in [0.717, 1.165) is 25.9 Å². The summed E-state index contributed by atoms with van der Waals surface area (Å²) in [5.74, 6) is 0.653. The van der Waals surface area contributed by atoms with Gasteiger partial charge in [0, 0.05) is 5.25 Å². The van der Waals surface area contributed by atoms with E-state index in [-0.39, 0.29) is 6.10 Å². The Hall–Kier alpha value is 0.700. The molecule has 0 amide bonds. The second-order valence-electron chi connectivity index (χ2n) is 5.77. The maximum absolute atomic E-state index is 9.76. The Morgan fingerprint density at radius 2 is 2.07 bits per heavy atom. The quantitative estimate of drug-likeness (QED) is 0.750. The van der Waals surface area contributed by atoms with E-state index in [9.17, 15) is 5.11 Å². The first-order chi connectivity index (χ1) is 6.92. The third kappa shape index (κ3) is 5.04. The van der Waals surface area contributed by atoms with Crippen LogP contribution in [0.25, 0.3) is 0 Å². The highest BCUT2D eigenvalue weighted by Gasteiger charge is 2.32. The maximum Gasteiger partial charge on any atom is 0.0665 e. The summed E-state index contributed by atoms with van der Waals surface area (Å²) in [5.41, 5.74) is 0.353. The third-order valence-corrected chi connectivity index (χ3v) is 4.74. The highest BCUT2D eigenvalue weighted by atomic mass is 32.7.